The SMILES string of the molecule is Cc1ccc(Cn2nc(C)c(CCC(=O)N(C)C3CCNC3)c2C)cc1.Cl. The minimum atomic E-state index is 0. The van der Waals surface area contributed by atoms with Crippen LogP contribution in [0.5, 0.6) is 0 Å². The highest BCUT2D eigenvalue weighted by atomic mass is 35.5. The Hall–Kier alpha value is -1.85. The van der Waals surface area contributed by atoms with Crippen LogP contribution in [0.1, 0.15) is 40.9 Å². The first-order valence-electron chi connectivity index (χ1n) is 9.50. The molecule has 27 heavy (non-hydrogen) atoms. The Balaban J connectivity index is 0.00000261. The summed E-state index contributed by atoms with van der Waals surface area (Å²) in [5, 5.41) is 8.03. The molecule has 148 valence electrons. The van der Waals surface area contributed by atoms with Gasteiger partial charge >= 0.3 is 0 Å². The highest BCUT2D eigenvalue weighted by Crippen LogP contribution is 2.18. The number of aryl methyl sites for hydroxylation is 2. The second-order valence-corrected chi connectivity index (χ2v) is 7.44. The first-order valence-corrected chi connectivity index (χ1v) is 9.50. The molecular weight excluding hydrogens is 360 g/mol. The van der Waals surface area contributed by atoms with E-state index in [2.05, 4.69) is 48.1 Å². The number of benzene rings is 1. The molecule has 1 aromatic carbocycles. The topological polar surface area (TPSA) is 50.2 Å². The van der Waals surface area contributed by atoms with Gasteiger partial charge in [-0.3, -0.25) is 9.48 Å². The van der Waals surface area contributed by atoms with E-state index in [-0.39, 0.29) is 18.3 Å². The van der Waals surface area contributed by atoms with Gasteiger partial charge in [0.1, 0.15) is 0 Å². The zero-order valence-corrected chi connectivity index (χ0v) is 17.6. The first-order chi connectivity index (χ1) is 12.5. The van der Waals surface area contributed by atoms with E-state index in [0.29, 0.717) is 12.5 Å². The van der Waals surface area contributed by atoms with E-state index in [0.717, 1.165) is 38.2 Å². The smallest absolute Gasteiger partial charge is 0.222 e. The number of amides is 1. The van der Waals surface area contributed by atoms with Crippen molar-refractivity contribution < 1.29 is 4.79 Å². The lowest BCUT2D eigenvalue weighted by molar-refractivity contribution is -0.131. The minimum Gasteiger partial charge on any atom is -0.341 e. The Morgan fingerprint density at radius 1 is 1.26 bits per heavy atom. The lowest BCUT2D eigenvalue weighted by atomic mass is 10.1. The molecule has 2 aromatic rings. The number of hydrogen-bond acceptors (Lipinski definition) is 3. The van der Waals surface area contributed by atoms with Crippen LogP contribution >= 0.6 is 12.4 Å². The summed E-state index contributed by atoms with van der Waals surface area (Å²) in [6.07, 6.45) is 2.36. The van der Waals surface area contributed by atoms with Crippen LogP contribution in [0.2, 0.25) is 0 Å². The molecular formula is C21H31ClN4O. The average Bonchev–Trinajstić information content (AvgIpc) is 3.24. The highest BCUT2D eigenvalue weighted by molar-refractivity contribution is 5.85. The summed E-state index contributed by atoms with van der Waals surface area (Å²) >= 11 is 0. The molecule has 1 fully saturated rings. The standard InChI is InChI=1S/C21H30N4O.ClH/c1-15-5-7-18(8-6-15)14-25-17(3)20(16(2)23-25)9-10-21(26)24(4)19-11-12-22-13-19;/h5-8,19,22H,9-14H2,1-4H3;1H. The van der Waals surface area contributed by atoms with Gasteiger partial charge in [0.15, 0.2) is 0 Å². The Morgan fingerprint density at radius 3 is 2.59 bits per heavy atom. The number of carbonyl (C=O) groups is 1. The van der Waals surface area contributed by atoms with Crippen LogP contribution in [0.15, 0.2) is 24.3 Å². The first kappa shape index (κ1) is 21.5. The summed E-state index contributed by atoms with van der Waals surface area (Å²) in [4.78, 5) is 14.4. The predicted octanol–water partition coefficient (Wildman–Crippen LogP) is 3.03. The summed E-state index contributed by atoms with van der Waals surface area (Å²) in [6, 6.07) is 8.91. The van der Waals surface area contributed by atoms with E-state index in [4.69, 9.17) is 5.10 Å². The molecule has 5 nitrogen and oxygen atoms in total. The summed E-state index contributed by atoms with van der Waals surface area (Å²) in [5.41, 5.74) is 5.93. The normalized spacial score (nSPS) is 16.2. The molecule has 1 aromatic heterocycles. The van der Waals surface area contributed by atoms with Gasteiger partial charge in [0, 0.05) is 31.7 Å². The lowest BCUT2D eigenvalue weighted by Crippen LogP contribution is -2.38. The van der Waals surface area contributed by atoms with Gasteiger partial charge in [0.2, 0.25) is 5.91 Å². The third-order valence-corrected chi connectivity index (χ3v) is 5.55. The Kier molecular flexibility index (Phi) is 7.45. The van der Waals surface area contributed by atoms with Gasteiger partial charge in [-0.1, -0.05) is 29.8 Å². The third kappa shape index (κ3) is 5.11. The van der Waals surface area contributed by atoms with Crippen LogP contribution in [-0.2, 0) is 17.8 Å². The molecule has 1 atom stereocenters. The lowest BCUT2D eigenvalue weighted by Gasteiger charge is -2.23. The van der Waals surface area contributed by atoms with Crippen LogP contribution in [0.25, 0.3) is 0 Å². The monoisotopic (exact) mass is 390 g/mol. The largest absolute Gasteiger partial charge is 0.341 e. The van der Waals surface area contributed by atoms with Crippen molar-refractivity contribution in [1.29, 1.82) is 0 Å². The summed E-state index contributed by atoms with van der Waals surface area (Å²) in [5.74, 6) is 0.226. The molecule has 1 unspecified atom stereocenters. The van der Waals surface area contributed by atoms with Crippen molar-refractivity contribution in [1.82, 2.24) is 20.0 Å². The van der Waals surface area contributed by atoms with E-state index in [1.165, 1.54) is 22.4 Å². The zero-order valence-electron chi connectivity index (χ0n) is 16.8. The maximum atomic E-state index is 12.5. The summed E-state index contributed by atoms with van der Waals surface area (Å²) < 4.78 is 2.06. The van der Waals surface area contributed by atoms with Gasteiger partial charge < -0.3 is 10.2 Å². The van der Waals surface area contributed by atoms with Crippen molar-refractivity contribution in [3.8, 4) is 0 Å². The highest BCUT2D eigenvalue weighted by Gasteiger charge is 2.23. The van der Waals surface area contributed by atoms with Crippen LogP contribution < -0.4 is 5.32 Å². The number of aromatic nitrogens is 2. The van der Waals surface area contributed by atoms with Crippen molar-refractivity contribution in [2.75, 3.05) is 20.1 Å². The maximum Gasteiger partial charge on any atom is 0.222 e. The number of nitrogens with one attached hydrogen (secondary N) is 1. The Bertz CT molecular complexity index is 763. The summed E-state index contributed by atoms with van der Waals surface area (Å²) in [6.45, 7) is 8.94. The number of nitrogens with zero attached hydrogens (tertiary/aromatic N) is 3. The molecule has 0 bridgehead atoms. The molecule has 0 spiro atoms. The molecule has 0 saturated carbocycles. The predicted molar refractivity (Wildman–Crippen MR) is 112 cm³/mol. The van der Waals surface area contributed by atoms with Gasteiger partial charge in [-0.15, -0.1) is 12.4 Å². The van der Waals surface area contributed by atoms with Crippen LogP contribution in [0.4, 0.5) is 0 Å². The average molecular weight is 391 g/mol. The molecule has 1 N–H and O–H groups in total. The van der Waals surface area contributed by atoms with Gasteiger partial charge in [-0.05, 0) is 51.3 Å². The molecule has 0 radical (unpaired) electrons. The Morgan fingerprint density at radius 2 is 1.96 bits per heavy atom. The second kappa shape index (κ2) is 9.38. The third-order valence-electron chi connectivity index (χ3n) is 5.55. The fourth-order valence-corrected chi connectivity index (χ4v) is 3.70. The van der Waals surface area contributed by atoms with Crippen molar-refractivity contribution in [3.63, 3.8) is 0 Å². The number of hydrogen-bond donors (Lipinski definition) is 1. The molecule has 1 amide bonds. The van der Waals surface area contributed by atoms with Crippen molar-refractivity contribution in [3.05, 3.63) is 52.3 Å². The molecule has 6 heteroatoms. The fraction of sp³-hybridized carbons (Fsp3) is 0.524. The van der Waals surface area contributed by atoms with E-state index >= 15 is 0 Å². The van der Waals surface area contributed by atoms with Crippen molar-refractivity contribution >= 4 is 18.3 Å². The zero-order chi connectivity index (χ0) is 18.7. The van der Waals surface area contributed by atoms with Gasteiger partial charge in [-0.2, -0.15) is 5.10 Å². The van der Waals surface area contributed by atoms with Gasteiger partial charge in [0.05, 0.1) is 12.2 Å². The quantitative estimate of drug-likeness (QED) is 0.824. The van der Waals surface area contributed by atoms with Crippen LogP contribution in [-0.4, -0.2) is 46.8 Å². The van der Waals surface area contributed by atoms with Crippen molar-refractivity contribution in [2.45, 2.75) is 52.6 Å². The van der Waals surface area contributed by atoms with E-state index < -0.39 is 0 Å². The van der Waals surface area contributed by atoms with Gasteiger partial charge in [-0.25, -0.2) is 0 Å². The molecule has 1 aliphatic heterocycles. The molecule has 1 saturated heterocycles. The van der Waals surface area contributed by atoms with Crippen LogP contribution in [0, 0.1) is 20.8 Å². The molecule has 1 aliphatic rings. The number of halogens is 1. The second-order valence-electron chi connectivity index (χ2n) is 7.44. The van der Waals surface area contributed by atoms with Gasteiger partial charge in [0.25, 0.3) is 0 Å². The van der Waals surface area contributed by atoms with E-state index in [9.17, 15) is 4.79 Å². The fourth-order valence-electron chi connectivity index (χ4n) is 3.70. The number of rotatable bonds is 6. The molecule has 0 aliphatic carbocycles. The minimum absolute atomic E-state index is 0. The number of likely N-dealkylation sites (N-methyl/N-ethyl adjacent to an activating group) is 1. The Labute approximate surface area is 168 Å². The maximum absolute atomic E-state index is 12.5. The van der Waals surface area contributed by atoms with Crippen LogP contribution in [0.3, 0.4) is 0 Å². The number of carbonyl (C=O) groups excluding carboxylic acids is 1. The molecule has 3 rings (SSSR count). The summed E-state index contributed by atoms with van der Waals surface area (Å²) in [7, 11) is 1.93. The molecule has 2 heterocycles. The van der Waals surface area contributed by atoms with E-state index in [1.807, 2.05) is 18.9 Å². The van der Waals surface area contributed by atoms with E-state index in [1.54, 1.807) is 0 Å². The van der Waals surface area contributed by atoms with Crippen molar-refractivity contribution in [2.24, 2.45) is 0 Å².